The van der Waals surface area contributed by atoms with Crippen molar-refractivity contribution in [2.75, 3.05) is 0 Å². The van der Waals surface area contributed by atoms with E-state index in [1.807, 2.05) is 115 Å². The number of aromatic nitrogens is 3. The van der Waals surface area contributed by atoms with Gasteiger partial charge in [-0.2, -0.15) is 0 Å². The fourth-order valence-corrected chi connectivity index (χ4v) is 5.04. The zero-order valence-corrected chi connectivity index (χ0v) is 20.9. The second-order valence-electron chi connectivity index (χ2n) is 9.01. The first kappa shape index (κ1) is 22.4. The topological polar surface area (TPSA) is 51.8 Å². The van der Waals surface area contributed by atoms with Gasteiger partial charge in [-0.3, -0.25) is 0 Å². The summed E-state index contributed by atoms with van der Waals surface area (Å²) in [5.74, 6) is 1.82. The molecular formula is C33H20ClN3O. The predicted molar refractivity (Wildman–Crippen MR) is 154 cm³/mol. The van der Waals surface area contributed by atoms with Crippen molar-refractivity contribution in [2.45, 2.75) is 0 Å². The van der Waals surface area contributed by atoms with Crippen LogP contribution in [0.2, 0.25) is 5.02 Å². The Hall–Kier alpha value is -4.80. The fraction of sp³-hybridized carbons (Fsp3) is 0. The maximum atomic E-state index is 6.43. The number of benzene rings is 5. The van der Waals surface area contributed by atoms with E-state index in [9.17, 15) is 0 Å². The molecule has 0 amide bonds. The van der Waals surface area contributed by atoms with Gasteiger partial charge in [-0.05, 0) is 23.8 Å². The van der Waals surface area contributed by atoms with Gasteiger partial charge in [0.15, 0.2) is 17.5 Å². The highest BCUT2D eigenvalue weighted by Gasteiger charge is 2.17. The third kappa shape index (κ3) is 3.92. The van der Waals surface area contributed by atoms with E-state index >= 15 is 0 Å². The highest BCUT2D eigenvalue weighted by atomic mass is 35.5. The van der Waals surface area contributed by atoms with E-state index in [0.717, 1.165) is 54.8 Å². The van der Waals surface area contributed by atoms with Crippen LogP contribution in [0.3, 0.4) is 0 Å². The number of halogens is 1. The zero-order valence-electron chi connectivity index (χ0n) is 20.2. The van der Waals surface area contributed by atoms with Gasteiger partial charge in [-0.15, -0.1) is 0 Å². The second-order valence-corrected chi connectivity index (χ2v) is 9.41. The van der Waals surface area contributed by atoms with Crippen molar-refractivity contribution in [3.8, 4) is 45.3 Å². The van der Waals surface area contributed by atoms with Crippen LogP contribution in [0, 0.1) is 0 Å². The normalized spacial score (nSPS) is 11.3. The summed E-state index contributed by atoms with van der Waals surface area (Å²) in [5.41, 5.74) is 6.38. The molecule has 0 atom stereocenters. The Morgan fingerprint density at radius 1 is 0.447 bits per heavy atom. The highest BCUT2D eigenvalue weighted by Crippen LogP contribution is 2.36. The summed E-state index contributed by atoms with van der Waals surface area (Å²) in [7, 11) is 0. The Morgan fingerprint density at radius 3 is 1.82 bits per heavy atom. The minimum absolute atomic E-state index is 0.598. The zero-order chi connectivity index (χ0) is 25.5. The number of fused-ring (bicyclic) bond motifs is 3. The van der Waals surface area contributed by atoms with Gasteiger partial charge in [0.1, 0.15) is 11.2 Å². The van der Waals surface area contributed by atoms with Crippen molar-refractivity contribution in [3.63, 3.8) is 0 Å². The van der Waals surface area contributed by atoms with Gasteiger partial charge in [0.25, 0.3) is 0 Å². The molecule has 5 heteroatoms. The minimum Gasteiger partial charge on any atom is -0.456 e. The maximum Gasteiger partial charge on any atom is 0.164 e. The summed E-state index contributed by atoms with van der Waals surface area (Å²) < 4.78 is 6.13. The minimum atomic E-state index is 0.598. The quantitative estimate of drug-likeness (QED) is 0.237. The molecule has 38 heavy (non-hydrogen) atoms. The van der Waals surface area contributed by atoms with E-state index in [4.69, 9.17) is 31.0 Å². The van der Waals surface area contributed by atoms with Crippen molar-refractivity contribution in [1.82, 2.24) is 15.0 Å². The first-order valence-electron chi connectivity index (χ1n) is 12.3. The van der Waals surface area contributed by atoms with Crippen LogP contribution in [0.1, 0.15) is 0 Å². The van der Waals surface area contributed by atoms with Crippen LogP contribution in [-0.2, 0) is 0 Å². The first-order chi connectivity index (χ1) is 18.7. The molecule has 0 unspecified atom stereocenters. The lowest BCUT2D eigenvalue weighted by Gasteiger charge is -2.10. The first-order valence-corrected chi connectivity index (χ1v) is 12.7. The van der Waals surface area contributed by atoms with Crippen LogP contribution >= 0.6 is 11.6 Å². The summed E-state index contributed by atoms with van der Waals surface area (Å²) in [5, 5.41) is 2.74. The predicted octanol–water partition coefficient (Wildman–Crippen LogP) is 9.09. The Morgan fingerprint density at radius 2 is 1.03 bits per heavy atom. The summed E-state index contributed by atoms with van der Waals surface area (Å²) in [4.78, 5) is 14.8. The van der Waals surface area contributed by atoms with Gasteiger partial charge in [0.05, 0.1) is 0 Å². The standard InChI is InChI=1S/C33H20ClN3O/c34-27-14-6-4-11-24(27)21-17-19-23(20-18-21)32-35-31(22-9-2-1-3-10-22)36-33(37-32)26-13-8-16-29-30(26)25-12-5-7-15-28(25)38-29/h1-20H. The van der Waals surface area contributed by atoms with Gasteiger partial charge in [0, 0.05) is 38.0 Å². The number of rotatable bonds is 4. The molecule has 0 radical (unpaired) electrons. The lowest BCUT2D eigenvalue weighted by atomic mass is 10.0. The smallest absolute Gasteiger partial charge is 0.164 e. The van der Waals surface area contributed by atoms with Crippen LogP contribution in [-0.4, -0.2) is 15.0 Å². The van der Waals surface area contributed by atoms with E-state index in [-0.39, 0.29) is 0 Å². The number of para-hydroxylation sites is 1. The Labute approximate surface area is 224 Å². The van der Waals surface area contributed by atoms with E-state index in [1.54, 1.807) is 0 Å². The number of nitrogens with zero attached hydrogens (tertiary/aromatic N) is 3. The molecule has 0 fully saturated rings. The Balaban J connectivity index is 1.42. The number of hydrogen-bond acceptors (Lipinski definition) is 4. The monoisotopic (exact) mass is 509 g/mol. The van der Waals surface area contributed by atoms with Crippen LogP contribution in [0.25, 0.3) is 67.2 Å². The number of furan rings is 1. The molecule has 0 aliphatic carbocycles. The molecule has 2 heterocycles. The lowest BCUT2D eigenvalue weighted by Crippen LogP contribution is -2.00. The van der Waals surface area contributed by atoms with Crippen LogP contribution in [0.4, 0.5) is 0 Å². The molecule has 0 aliphatic rings. The molecule has 5 aromatic carbocycles. The fourth-order valence-electron chi connectivity index (χ4n) is 4.80. The molecular weight excluding hydrogens is 490 g/mol. The van der Waals surface area contributed by atoms with E-state index < -0.39 is 0 Å². The van der Waals surface area contributed by atoms with Gasteiger partial charge in [-0.25, -0.2) is 15.0 Å². The van der Waals surface area contributed by atoms with Gasteiger partial charge in [0.2, 0.25) is 0 Å². The molecule has 0 N–H and O–H groups in total. The van der Waals surface area contributed by atoms with Gasteiger partial charge >= 0.3 is 0 Å². The van der Waals surface area contributed by atoms with Crippen LogP contribution in [0.15, 0.2) is 126 Å². The van der Waals surface area contributed by atoms with E-state index in [1.165, 1.54) is 0 Å². The molecule has 0 saturated carbocycles. The molecule has 180 valence electrons. The van der Waals surface area contributed by atoms with Crippen molar-refractivity contribution in [1.29, 1.82) is 0 Å². The SMILES string of the molecule is Clc1ccccc1-c1ccc(-c2nc(-c3ccccc3)nc(-c3cccc4oc5ccccc5c34)n2)cc1. The van der Waals surface area contributed by atoms with Crippen molar-refractivity contribution in [3.05, 3.63) is 126 Å². The van der Waals surface area contributed by atoms with Gasteiger partial charge in [-0.1, -0.05) is 115 Å². The average molecular weight is 510 g/mol. The molecule has 0 bridgehead atoms. The van der Waals surface area contributed by atoms with Crippen molar-refractivity contribution < 1.29 is 4.42 Å². The molecule has 0 aliphatic heterocycles. The second kappa shape index (κ2) is 9.25. The van der Waals surface area contributed by atoms with Crippen molar-refractivity contribution in [2.24, 2.45) is 0 Å². The summed E-state index contributed by atoms with van der Waals surface area (Å²) in [6.45, 7) is 0. The van der Waals surface area contributed by atoms with Crippen molar-refractivity contribution >= 4 is 33.5 Å². The average Bonchev–Trinajstić information content (AvgIpc) is 3.37. The van der Waals surface area contributed by atoms with Gasteiger partial charge < -0.3 is 4.42 Å². The Kier molecular flexibility index (Phi) is 5.46. The summed E-state index contributed by atoms with van der Waals surface area (Å²) in [6.07, 6.45) is 0. The molecule has 2 aromatic heterocycles. The summed E-state index contributed by atoms with van der Waals surface area (Å²) in [6, 6.07) is 40.0. The Bertz CT molecular complexity index is 1930. The van der Waals surface area contributed by atoms with Crippen LogP contribution in [0.5, 0.6) is 0 Å². The summed E-state index contributed by atoms with van der Waals surface area (Å²) >= 11 is 6.43. The molecule has 7 rings (SSSR count). The lowest BCUT2D eigenvalue weighted by molar-refractivity contribution is 0.669. The van der Waals surface area contributed by atoms with E-state index in [0.29, 0.717) is 17.5 Å². The van der Waals surface area contributed by atoms with E-state index in [2.05, 4.69) is 6.07 Å². The third-order valence-corrected chi connectivity index (χ3v) is 6.97. The van der Waals surface area contributed by atoms with Crippen LogP contribution < -0.4 is 0 Å². The maximum absolute atomic E-state index is 6.43. The molecule has 4 nitrogen and oxygen atoms in total. The largest absolute Gasteiger partial charge is 0.456 e. The number of hydrogen-bond donors (Lipinski definition) is 0. The third-order valence-electron chi connectivity index (χ3n) is 6.64. The highest BCUT2D eigenvalue weighted by molar-refractivity contribution is 6.33. The molecule has 0 saturated heterocycles. The molecule has 7 aromatic rings. The molecule has 0 spiro atoms.